The number of aliphatic carboxylic acids is 1. The van der Waals surface area contributed by atoms with Gasteiger partial charge in [0.15, 0.2) is 11.5 Å². The fourth-order valence-electron chi connectivity index (χ4n) is 1.61. The van der Waals surface area contributed by atoms with E-state index in [1.165, 1.54) is 20.3 Å². The molecule has 0 radical (unpaired) electrons. The van der Waals surface area contributed by atoms with E-state index in [0.29, 0.717) is 12.0 Å². The number of hydrogen-bond donors (Lipinski definition) is 2. The van der Waals surface area contributed by atoms with Crippen molar-refractivity contribution in [3.63, 3.8) is 0 Å². The highest BCUT2D eigenvalue weighted by molar-refractivity contribution is 5.66. The molecule has 0 saturated heterocycles. The molecule has 1 aromatic rings. The molecule has 0 heterocycles. The summed E-state index contributed by atoms with van der Waals surface area (Å²) in [5, 5.41) is 18.2. The van der Waals surface area contributed by atoms with E-state index in [4.69, 9.17) is 14.6 Å². The summed E-state index contributed by atoms with van der Waals surface area (Å²) in [7, 11) is 2.62. The van der Waals surface area contributed by atoms with Crippen molar-refractivity contribution in [3.8, 4) is 17.2 Å². The number of ether oxygens (including phenoxy) is 2. The maximum absolute atomic E-state index is 13.7. The molecule has 0 saturated carbocycles. The van der Waals surface area contributed by atoms with E-state index in [9.17, 15) is 14.3 Å². The van der Waals surface area contributed by atoms with Crippen molar-refractivity contribution < 1.29 is 28.9 Å². The zero-order chi connectivity index (χ0) is 13.7. The number of carbonyl (C=O) groups is 1. The molecule has 0 unspecified atom stereocenters. The summed E-state index contributed by atoms with van der Waals surface area (Å²) in [5.74, 6) is -2.37. The Morgan fingerprint density at radius 3 is 2.56 bits per heavy atom. The molecule has 0 aromatic heterocycles. The van der Waals surface area contributed by atoms with Gasteiger partial charge in [-0.1, -0.05) is 0 Å². The van der Waals surface area contributed by atoms with E-state index in [-0.39, 0.29) is 24.3 Å². The number of phenolic OH excluding ortho intramolecular Hbond substituents is 1. The quantitative estimate of drug-likeness (QED) is 0.815. The van der Waals surface area contributed by atoms with Crippen molar-refractivity contribution >= 4 is 5.97 Å². The molecule has 18 heavy (non-hydrogen) atoms. The minimum absolute atomic E-state index is 0.0462. The van der Waals surface area contributed by atoms with Crippen LogP contribution < -0.4 is 9.47 Å². The van der Waals surface area contributed by atoms with Crippen molar-refractivity contribution in [1.29, 1.82) is 0 Å². The van der Waals surface area contributed by atoms with Gasteiger partial charge in [0.1, 0.15) is 0 Å². The van der Waals surface area contributed by atoms with E-state index in [1.807, 2.05) is 0 Å². The molecule has 2 N–H and O–H groups in total. The Labute approximate surface area is 104 Å². The Kier molecular flexibility index (Phi) is 4.76. The van der Waals surface area contributed by atoms with Gasteiger partial charge in [0, 0.05) is 12.0 Å². The van der Waals surface area contributed by atoms with Gasteiger partial charge in [0.25, 0.3) is 0 Å². The van der Waals surface area contributed by atoms with Crippen LogP contribution >= 0.6 is 0 Å². The first kappa shape index (κ1) is 14.1. The van der Waals surface area contributed by atoms with Crippen molar-refractivity contribution in [3.05, 3.63) is 17.4 Å². The lowest BCUT2D eigenvalue weighted by atomic mass is 10.1. The smallest absolute Gasteiger partial charge is 0.303 e. The topological polar surface area (TPSA) is 76.0 Å². The molecule has 0 fully saturated rings. The van der Waals surface area contributed by atoms with Crippen LogP contribution in [0.25, 0.3) is 0 Å². The zero-order valence-electron chi connectivity index (χ0n) is 10.2. The number of hydrogen-bond acceptors (Lipinski definition) is 4. The average Bonchev–Trinajstić information content (AvgIpc) is 2.33. The van der Waals surface area contributed by atoms with Gasteiger partial charge in [0.05, 0.1) is 14.2 Å². The predicted molar refractivity (Wildman–Crippen MR) is 61.7 cm³/mol. The number of aromatic hydroxyl groups is 1. The summed E-state index contributed by atoms with van der Waals surface area (Å²) < 4.78 is 23.5. The van der Waals surface area contributed by atoms with Gasteiger partial charge in [-0.3, -0.25) is 4.79 Å². The largest absolute Gasteiger partial charge is 0.505 e. The number of methoxy groups -OCH3 is 2. The minimum Gasteiger partial charge on any atom is -0.505 e. The molecule has 5 nitrogen and oxygen atoms in total. The molecule has 0 spiro atoms. The highest BCUT2D eigenvalue weighted by atomic mass is 19.1. The molecule has 1 aromatic carbocycles. The second kappa shape index (κ2) is 6.09. The fourth-order valence-corrected chi connectivity index (χ4v) is 1.61. The van der Waals surface area contributed by atoms with Crippen LogP contribution in [-0.4, -0.2) is 30.4 Å². The van der Waals surface area contributed by atoms with Crippen LogP contribution in [0, 0.1) is 5.82 Å². The first-order valence-corrected chi connectivity index (χ1v) is 5.35. The molecular weight excluding hydrogens is 243 g/mol. The number of benzene rings is 1. The molecule has 0 aliphatic rings. The molecule has 0 aliphatic carbocycles. The number of rotatable bonds is 6. The van der Waals surface area contributed by atoms with E-state index in [2.05, 4.69) is 0 Å². The number of phenols is 1. The Balaban J connectivity index is 2.98. The first-order valence-electron chi connectivity index (χ1n) is 5.35. The molecule has 0 aliphatic heterocycles. The van der Waals surface area contributed by atoms with Gasteiger partial charge >= 0.3 is 5.97 Å². The maximum atomic E-state index is 13.7. The van der Waals surface area contributed by atoms with Crippen molar-refractivity contribution in [2.24, 2.45) is 0 Å². The maximum Gasteiger partial charge on any atom is 0.303 e. The van der Waals surface area contributed by atoms with Gasteiger partial charge in [-0.05, 0) is 18.9 Å². The Hall–Kier alpha value is -1.98. The second-order valence-electron chi connectivity index (χ2n) is 3.68. The lowest BCUT2D eigenvalue weighted by Gasteiger charge is -2.12. The first-order chi connectivity index (χ1) is 8.51. The average molecular weight is 258 g/mol. The summed E-state index contributed by atoms with van der Waals surface area (Å²) in [6, 6.07) is 1.44. The molecule has 0 bridgehead atoms. The highest BCUT2D eigenvalue weighted by Gasteiger charge is 2.19. The second-order valence-corrected chi connectivity index (χ2v) is 3.68. The SMILES string of the molecule is COc1cc(CCCC(=O)O)c(O)c(F)c1OC. The van der Waals surface area contributed by atoms with Crippen LogP contribution in [0.3, 0.4) is 0 Å². The lowest BCUT2D eigenvalue weighted by Crippen LogP contribution is -2.00. The third-order valence-corrected chi connectivity index (χ3v) is 2.50. The van der Waals surface area contributed by atoms with Gasteiger partial charge in [-0.25, -0.2) is 0 Å². The van der Waals surface area contributed by atoms with E-state index in [0.717, 1.165) is 0 Å². The summed E-state index contributed by atoms with van der Waals surface area (Å²) in [6.07, 6.45) is 0.503. The third-order valence-electron chi connectivity index (χ3n) is 2.50. The summed E-state index contributed by atoms with van der Waals surface area (Å²) in [4.78, 5) is 10.4. The minimum atomic E-state index is -0.935. The van der Waals surface area contributed by atoms with Gasteiger partial charge in [-0.15, -0.1) is 0 Å². The number of carboxylic acids is 1. The van der Waals surface area contributed by atoms with E-state index in [1.54, 1.807) is 0 Å². The molecule has 100 valence electrons. The lowest BCUT2D eigenvalue weighted by molar-refractivity contribution is -0.137. The summed E-state index contributed by atoms with van der Waals surface area (Å²) in [5.41, 5.74) is 0.298. The normalized spacial score (nSPS) is 10.2. The van der Waals surface area contributed by atoms with Crippen LogP contribution in [0.15, 0.2) is 6.07 Å². The van der Waals surface area contributed by atoms with Crippen LogP contribution in [0.5, 0.6) is 17.2 Å². The van der Waals surface area contributed by atoms with Crippen LogP contribution in [-0.2, 0) is 11.2 Å². The zero-order valence-corrected chi connectivity index (χ0v) is 10.2. The van der Waals surface area contributed by atoms with Gasteiger partial charge in [0.2, 0.25) is 11.6 Å². The van der Waals surface area contributed by atoms with Crippen molar-refractivity contribution in [1.82, 2.24) is 0 Å². The number of aryl methyl sites for hydroxylation is 1. The number of carboxylic acid groups (broad SMARTS) is 1. The van der Waals surface area contributed by atoms with E-state index >= 15 is 0 Å². The molecule has 1 rings (SSSR count). The van der Waals surface area contributed by atoms with Gasteiger partial charge in [-0.2, -0.15) is 4.39 Å². The van der Waals surface area contributed by atoms with Crippen molar-refractivity contribution in [2.75, 3.05) is 14.2 Å². The van der Waals surface area contributed by atoms with Crippen LogP contribution in [0.1, 0.15) is 18.4 Å². The Morgan fingerprint density at radius 2 is 2.06 bits per heavy atom. The summed E-state index contributed by atoms with van der Waals surface area (Å²) >= 11 is 0. The van der Waals surface area contributed by atoms with E-state index < -0.39 is 17.5 Å². The highest BCUT2D eigenvalue weighted by Crippen LogP contribution is 2.38. The number of halogens is 1. The third kappa shape index (κ3) is 3.03. The molecular formula is C12H15FO5. The van der Waals surface area contributed by atoms with Crippen LogP contribution in [0.4, 0.5) is 4.39 Å². The molecule has 0 atom stereocenters. The molecule has 0 amide bonds. The predicted octanol–water partition coefficient (Wildman–Crippen LogP) is 1.96. The van der Waals surface area contributed by atoms with Crippen LogP contribution in [0.2, 0.25) is 0 Å². The standard InChI is InChI=1S/C12H15FO5/c1-17-8-6-7(4-3-5-9(14)15)11(16)10(13)12(8)18-2/h6,16H,3-5H2,1-2H3,(H,14,15). The molecule has 6 heteroatoms. The Morgan fingerprint density at radius 1 is 1.39 bits per heavy atom. The van der Waals surface area contributed by atoms with Gasteiger partial charge < -0.3 is 19.7 Å². The summed E-state index contributed by atoms with van der Waals surface area (Å²) in [6.45, 7) is 0. The fraction of sp³-hybridized carbons (Fsp3) is 0.417. The Bertz CT molecular complexity index is 445. The van der Waals surface area contributed by atoms with Crippen molar-refractivity contribution in [2.45, 2.75) is 19.3 Å². The monoisotopic (exact) mass is 258 g/mol.